The van der Waals surface area contributed by atoms with Crippen LogP contribution >= 0.6 is 0 Å². The van der Waals surface area contributed by atoms with E-state index in [1.165, 1.54) is 25.2 Å². The van der Waals surface area contributed by atoms with Gasteiger partial charge in [-0.2, -0.15) is 0 Å². The molecule has 0 saturated heterocycles. The van der Waals surface area contributed by atoms with E-state index in [1.807, 2.05) is 26.8 Å². The minimum atomic E-state index is -0.775. The summed E-state index contributed by atoms with van der Waals surface area (Å²) in [6.07, 6.45) is -1.33. The Kier molecular flexibility index (Phi) is 7.61. The molecule has 0 aliphatic heterocycles. The molecule has 0 aliphatic carbocycles. The van der Waals surface area contributed by atoms with Crippen molar-refractivity contribution in [2.75, 3.05) is 11.9 Å². The molecule has 2 amide bonds. The summed E-state index contributed by atoms with van der Waals surface area (Å²) in [4.78, 5) is 37.0. The lowest BCUT2D eigenvalue weighted by atomic mass is 10.1. The highest BCUT2D eigenvalue weighted by Gasteiger charge is 2.26. The van der Waals surface area contributed by atoms with E-state index in [0.29, 0.717) is 16.9 Å². The lowest BCUT2D eigenvalue weighted by Crippen LogP contribution is -2.42. The minimum absolute atomic E-state index is 0.0143. The summed E-state index contributed by atoms with van der Waals surface area (Å²) in [5, 5.41) is 15.8. The molecule has 0 heterocycles. The van der Waals surface area contributed by atoms with Gasteiger partial charge < -0.3 is 19.5 Å². The molecule has 3 rings (SSSR count). The summed E-state index contributed by atoms with van der Waals surface area (Å²) in [6, 6.07) is 14.6. The first-order valence-corrected chi connectivity index (χ1v) is 11.6. The third-order valence-corrected chi connectivity index (χ3v) is 4.90. The van der Waals surface area contributed by atoms with Crippen molar-refractivity contribution in [2.45, 2.75) is 52.7 Å². The highest BCUT2D eigenvalue weighted by atomic mass is 16.6. The number of nitro groups is 1. The molecular weight excluding hydrogens is 478 g/mol. The highest BCUT2D eigenvalue weighted by molar-refractivity contribution is 5.92. The number of anilines is 1. The number of carbonyl (C=O) groups excluding carboxylic acids is 2. The zero-order valence-electron chi connectivity index (χ0n) is 21.9. The Bertz CT molecular complexity index is 1340. The van der Waals surface area contributed by atoms with Crippen LogP contribution in [0.25, 0.3) is 10.8 Å². The van der Waals surface area contributed by atoms with Gasteiger partial charge in [0.05, 0.1) is 4.92 Å². The summed E-state index contributed by atoms with van der Waals surface area (Å²) in [6.45, 7) is 10.7. The topological polar surface area (TPSA) is 120 Å². The molecule has 0 unspecified atom stereocenters. The number of ether oxygens (including phenoxy) is 3. The van der Waals surface area contributed by atoms with Crippen LogP contribution in [0.1, 0.15) is 41.5 Å². The number of hydrogen-bond acceptors (Lipinski definition) is 7. The largest absolute Gasteiger partial charge is 0.457 e. The number of nitro benzene ring substituents is 1. The van der Waals surface area contributed by atoms with Crippen molar-refractivity contribution in [1.82, 2.24) is 5.32 Å². The maximum absolute atomic E-state index is 12.6. The fourth-order valence-electron chi connectivity index (χ4n) is 3.36. The second-order valence-corrected chi connectivity index (χ2v) is 10.5. The molecule has 3 aromatic rings. The van der Waals surface area contributed by atoms with Crippen molar-refractivity contribution >= 4 is 34.3 Å². The summed E-state index contributed by atoms with van der Waals surface area (Å²) >= 11 is 0. The molecule has 37 heavy (non-hydrogen) atoms. The molecule has 0 saturated carbocycles. The van der Waals surface area contributed by atoms with Gasteiger partial charge in [-0.25, -0.2) is 9.59 Å². The zero-order chi connectivity index (χ0) is 27.5. The van der Waals surface area contributed by atoms with Crippen LogP contribution in [0.5, 0.6) is 17.2 Å². The average molecular weight is 510 g/mol. The van der Waals surface area contributed by atoms with E-state index in [-0.39, 0.29) is 17.1 Å². The Morgan fingerprint density at radius 3 is 2.22 bits per heavy atom. The first kappa shape index (κ1) is 27.3. The maximum atomic E-state index is 12.6. The van der Waals surface area contributed by atoms with Gasteiger partial charge in [-0.3, -0.25) is 15.0 Å². The molecule has 0 spiro atoms. The number of benzene rings is 3. The molecule has 0 aliphatic rings. The Balaban J connectivity index is 1.93. The van der Waals surface area contributed by atoms with Crippen molar-refractivity contribution in [1.29, 1.82) is 0 Å². The van der Waals surface area contributed by atoms with E-state index in [0.717, 1.165) is 10.3 Å². The fraction of sp³-hybridized carbons (Fsp3) is 0.333. The Morgan fingerprint density at radius 2 is 1.59 bits per heavy atom. The molecule has 3 aromatic carbocycles. The molecule has 10 heteroatoms. The second kappa shape index (κ2) is 10.3. The lowest BCUT2D eigenvalue weighted by Gasteiger charge is -2.24. The van der Waals surface area contributed by atoms with Crippen molar-refractivity contribution in [3.8, 4) is 17.2 Å². The predicted octanol–water partition coefficient (Wildman–Crippen LogP) is 6.80. The van der Waals surface area contributed by atoms with Crippen molar-refractivity contribution < 1.29 is 28.7 Å². The fourth-order valence-corrected chi connectivity index (χ4v) is 3.36. The Hall–Kier alpha value is -4.34. The molecule has 0 aromatic heterocycles. The third kappa shape index (κ3) is 7.33. The number of amides is 2. The number of nitrogens with one attached hydrogen (secondary N) is 1. The standard InChI is InChI=1S/C27H31N3O7/c1-26(2,3)28-24(31)36-23-10-8-9-17-11-12-18(15-20(17)23)35-19-13-14-21(30(33)34)22(16-19)29(7)25(32)37-27(4,5)6/h8-16H,1-7H3,(H,28,31). The van der Waals surface area contributed by atoms with Crippen LogP contribution in [0, 0.1) is 10.1 Å². The van der Waals surface area contributed by atoms with E-state index in [9.17, 15) is 19.7 Å². The van der Waals surface area contributed by atoms with Gasteiger partial charge in [0.15, 0.2) is 0 Å². The SMILES string of the molecule is CN(C(=O)OC(C)(C)C)c1cc(Oc2ccc3cccc(OC(=O)NC(C)(C)C)c3c2)ccc1[N+](=O)[O-]. The number of fused-ring (bicyclic) bond motifs is 1. The van der Waals surface area contributed by atoms with Crippen molar-refractivity contribution in [3.63, 3.8) is 0 Å². The summed E-state index contributed by atoms with van der Waals surface area (Å²) in [7, 11) is 1.39. The van der Waals surface area contributed by atoms with Gasteiger partial charge in [0.2, 0.25) is 0 Å². The molecule has 0 atom stereocenters. The van der Waals surface area contributed by atoms with Crippen LogP contribution in [0.3, 0.4) is 0 Å². The molecular formula is C27H31N3O7. The lowest BCUT2D eigenvalue weighted by molar-refractivity contribution is -0.384. The van der Waals surface area contributed by atoms with E-state index in [1.54, 1.807) is 51.1 Å². The van der Waals surface area contributed by atoms with Gasteiger partial charge in [-0.1, -0.05) is 18.2 Å². The van der Waals surface area contributed by atoms with Crippen molar-refractivity contribution in [3.05, 3.63) is 64.7 Å². The maximum Gasteiger partial charge on any atom is 0.414 e. The number of carbonyl (C=O) groups is 2. The molecule has 10 nitrogen and oxygen atoms in total. The van der Waals surface area contributed by atoms with Crippen LogP contribution in [-0.4, -0.2) is 35.3 Å². The monoisotopic (exact) mass is 509 g/mol. The molecule has 0 radical (unpaired) electrons. The normalized spacial score (nSPS) is 11.5. The quantitative estimate of drug-likeness (QED) is 0.297. The third-order valence-electron chi connectivity index (χ3n) is 4.90. The molecule has 1 N–H and O–H groups in total. The predicted molar refractivity (Wildman–Crippen MR) is 141 cm³/mol. The number of nitrogens with zero attached hydrogens (tertiary/aromatic N) is 2. The highest BCUT2D eigenvalue weighted by Crippen LogP contribution is 2.36. The van der Waals surface area contributed by atoms with Gasteiger partial charge in [0.25, 0.3) is 5.69 Å². The van der Waals surface area contributed by atoms with Crippen LogP contribution in [0.4, 0.5) is 21.0 Å². The first-order valence-electron chi connectivity index (χ1n) is 11.6. The number of rotatable bonds is 5. The second-order valence-electron chi connectivity index (χ2n) is 10.5. The molecule has 0 fully saturated rings. The Morgan fingerprint density at radius 1 is 0.946 bits per heavy atom. The van der Waals surface area contributed by atoms with E-state index in [2.05, 4.69) is 5.32 Å². The summed E-state index contributed by atoms with van der Waals surface area (Å²) in [5.74, 6) is 1.01. The number of hydrogen-bond donors (Lipinski definition) is 1. The first-order chi connectivity index (χ1) is 17.1. The summed E-state index contributed by atoms with van der Waals surface area (Å²) < 4.78 is 16.9. The van der Waals surface area contributed by atoms with Gasteiger partial charge in [-0.15, -0.1) is 0 Å². The van der Waals surface area contributed by atoms with Gasteiger partial charge in [0, 0.05) is 30.1 Å². The Labute approximate surface area is 215 Å². The van der Waals surface area contributed by atoms with Crippen LogP contribution in [-0.2, 0) is 4.74 Å². The van der Waals surface area contributed by atoms with E-state index >= 15 is 0 Å². The van der Waals surface area contributed by atoms with Crippen LogP contribution < -0.4 is 19.7 Å². The van der Waals surface area contributed by atoms with Crippen LogP contribution in [0.15, 0.2) is 54.6 Å². The molecule has 0 bridgehead atoms. The van der Waals surface area contributed by atoms with Crippen LogP contribution in [0.2, 0.25) is 0 Å². The van der Waals surface area contributed by atoms with E-state index in [4.69, 9.17) is 14.2 Å². The summed E-state index contributed by atoms with van der Waals surface area (Å²) in [5.41, 5.74) is -1.50. The van der Waals surface area contributed by atoms with E-state index < -0.39 is 28.2 Å². The van der Waals surface area contributed by atoms with Gasteiger partial charge >= 0.3 is 12.2 Å². The van der Waals surface area contributed by atoms with Crippen molar-refractivity contribution in [2.24, 2.45) is 0 Å². The van der Waals surface area contributed by atoms with Gasteiger partial charge in [-0.05, 0) is 71.2 Å². The average Bonchev–Trinajstić information content (AvgIpc) is 2.76. The van der Waals surface area contributed by atoms with Gasteiger partial charge in [0.1, 0.15) is 28.5 Å². The smallest absolute Gasteiger partial charge is 0.414 e. The minimum Gasteiger partial charge on any atom is -0.457 e. The zero-order valence-corrected chi connectivity index (χ0v) is 21.9. The molecule has 196 valence electrons.